The van der Waals surface area contributed by atoms with Crippen LogP contribution in [0.2, 0.25) is 0 Å². The molecule has 22 heavy (non-hydrogen) atoms. The predicted molar refractivity (Wildman–Crippen MR) is 89.8 cm³/mol. The van der Waals surface area contributed by atoms with Crippen molar-refractivity contribution in [3.05, 3.63) is 12.3 Å². The quantitative estimate of drug-likeness (QED) is 0.638. The van der Waals surface area contributed by atoms with Crippen molar-refractivity contribution in [3.8, 4) is 0 Å². The first-order chi connectivity index (χ1) is 10.5. The van der Waals surface area contributed by atoms with Crippen LogP contribution in [0.15, 0.2) is 12.3 Å². The van der Waals surface area contributed by atoms with Crippen LogP contribution in [0.3, 0.4) is 0 Å². The summed E-state index contributed by atoms with van der Waals surface area (Å²) in [7, 11) is 0. The van der Waals surface area contributed by atoms with E-state index in [2.05, 4.69) is 27.4 Å². The van der Waals surface area contributed by atoms with E-state index in [0.717, 1.165) is 44.2 Å². The van der Waals surface area contributed by atoms with E-state index in [1.807, 2.05) is 0 Å². The van der Waals surface area contributed by atoms with Crippen LogP contribution in [-0.2, 0) is 14.2 Å². The molecule has 0 aliphatic carbocycles. The van der Waals surface area contributed by atoms with Gasteiger partial charge in [-0.15, -0.1) is 0 Å². The van der Waals surface area contributed by atoms with Crippen molar-refractivity contribution in [1.82, 2.24) is 0 Å². The number of rotatable bonds is 7. The third-order valence-corrected chi connectivity index (χ3v) is 5.11. The van der Waals surface area contributed by atoms with E-state index in [0.29, 0.717) is 18.1 Å². The van der Waals surface area contributed by atoms with Gasteiger partial charge in [0.25, 0.3) is 0 Å². The van der Waals surface area contributed by atoms with Gasteiger partial charge in [-0.3, -0.25) is 0 Å². The van der Waals surface area contributed by atoms with Crippen molar-refractivity contribution >= 4 is 0 Å². The fourth-order valence-corrected chi connectivity index (χ4v) is 3.56. The number of ether oxygens (including phenoxy) is 3. The van der Waals surface area contributed by atoms with Crippen molar-refractivity contribution in [1.29, 1.82) is 0 Å². The van der Waals surface area contributed by atoms with Gasteiger partial charge in [0.1, 0.15) is 0 Å². The fourth-order valence-electron chi connectivity index (χ4n) is 3.56. The molecule has 0 bridgehead atoms. The lowest BCUT2D eigenvalue weighted by atomic mass is 9.93. The van der Waals surface area contributed by atoms with E-state index in [1.54, 1.807) is 0 Å². The molecule has 3 nitrogen and oxygen atoms in total. The molecule has 2 heterocycles. The Hall–Kier alpha value is -0.540. The minimum Gasteiger partial charge on any atom is -0.495 e. The van der Waals surface area contributed by atoms with Gasteiger partial charge in [0.15, 0.2) is 0 Å². The molecule has 3 heteroatoms. The third kappa shape index (κ3) is 5.92. The Balaban J connectivity index is 1.59. The van der Waals surface area contributed by atoms with Crippen molar-refractivity contribution in [2.24, 2.45) is 11.8 Å². The highest BCUT2D eigenvalue weighted by Gasteiger charge is 2.24. The van der Waals surface area contributed by atoms with Gasteiger partial charge >= 0.3 is 0 Å². The van der Waals surface area contributed by atoms with Crippen molar-refractivity contribution < 1.29 is 14.2 Å². The normalized spacial score (nSPS) is 34.1. The van der Waals surface area contributed by atoms with Crippen molar-refractivity contribution in [2.75, 3.05) is 13.2 Å². The summed E-state index contributed by atoms with van der Waals surface area (Å²) in [6.45, 7) is 12.4. The maximum Gasteiger partial charge on any atom is 0.0954 e. The average Bonchev–Trinajstić information content (AvgIpc) is 2.49. The van der Waals surface area contributed by atoms with Crippen molar-refractivity contribution in [3.63, 3.8) is 0 Å². The van der Waals surface area contributed by atoms with E-state index >= 15 is 0 Å². The SMILES string of the molecule is C=C(OC(C)CCCC1CCC(C)OC1)C1CCOC(C)C1. The topological polar surface area (TPSA) is 27.7 Å². The van der Waals surface area contributed by atoms with Gasteiger partial charge in [-0.25, -0.2) is 0 Å². The number of hydrogen-bond donors (Lipinski definition) is 0. The fraction of sp³-hybridized carbons (Fsp3) is 0.895. The predicted octanol–water partition coefficient (Wildman–Crippen LogP) is 4.71. The first-order valence-corrected chi connectivity index (χ1v) is 9.13. The van der Waals surface area contributed by atoms with Gasteiger partial charge in [-0.05, 0) is 71.6 Å². The van der Waals surface area contributed by atoms with E-state index in [1.165, 1.54) is 25.7 Å². The average molecular weight is 310 g/mol. The summed E-state index contributed by atoms with van der Waals surface area (Å²) in [6, 6.07) is 0. The van der Waals surface area contributed by atoms with Crippen LogP contribution in [0, 0.1) is 11.8 Å². The Morgan fingerprint density at radius 1 is 1.18 bits per heavy atom. The zero-order chi connectivity index (χ0) is 15.9. The van der Waals surface area contributed by atoms with Crippen LogP contribution in [0.5, 0.6) is 0 Å². The molecule has 0 spiro atoms. The largest absolute Gasteiger partial charge is 0.495 e. The third-order valence-electron chi connectivity index (χ3n) is 5.11. The summed E-state index contributed by atoms with van der Waals surface area (Å²) in [4.78, 5) is 0. The molecule has 5 unspecified atom stereocenters. The molecule has 5 atom stereocenters. The molecule has 128 valence electrons. The molecule has 0 radical (unpaired) electrons. The van der Waals surface area contributed by atoms with E-state index in [9.17, 15) is 0 Å². The monoisotopic (exact) mass is 310 g/mol. The van der Waals surface area contributed by atoms with Crippen LogP contribution >= 0.6 is 0 Å². The highest BCUT2D eigenvalue weighted by atomic mass is 16.5. The minimum absolute atomic E-state index is 0.272. The van der Waals surface area contributed by atoms with E-state index in [4.69, 9.17) is 14.2 Å². The Kier molecular flexibility index (Phi) is 7.23. The summed E-state index contributed by atoms with van der Waals surface area (Å²) >= 11 is 0. The maximum absolute atomic E-state index is 6.06. The Morgan fingerprint density at radius 3 is 2.68 bits per heavy atom. The molecule has 0 aromatic heterocycles. The molecule has 0 N–H and O–H groups in total. The summed E-state index contributed by atoms with van der Waals surface area (Å²) in [5.41, 5.74) is 0. The molecular weight excluding hydrogens is 276 g/mol. The van der Waals surface area contributed by atoms with E-state index < -0.39 is 0 Å². The molecule has 2 aliphatic heterocycles. The molecule has 2 rings (SSSR count). The Labute approximate surface area is 136 Å². The standard InChI is InChI=1S/C19H34O3/c1-14-8-9-18(13-21-14)7-5-6-15(2)22-17(4)19-10-11-20-16(3)12-19/h14-16,18-19H,4-13H2,1-3H3. The first-order valence-electron chi connectivity index (χ1n) is 9.13. The van der Waals surface area contributed by atoms with Gasteiger partial charge in [0.2, 0.25) is 0 Å². The van der Waals surface area contributed by atoms with Crippen LogP contribution in [-0.4, -0.2) is 31.5 Å². The lowest BCUT2D eigenvalue weighted by molar-refractivity contribution is -0.0136. The number of allylic oxidation sites excluding steroid dienone is 1. The zero-order valence-corrected chi connectivity index (χ0v) is 14.7. The van der Waals surface area contributed by atoms with Crippen LogP contribution in [0.4, 0.5) is 0 Å². The van der Waals surface area contributed by atoms with Gasteiger partial charge in [-0.2, -0.15) is 0 Å². The molecule has 0 saturated carbocycles. The lowest BCUT2D eigenvalue weighted by Gasteiger charge is -2.30. The Morgan fingerprint density at radius 2 is 2.00 bits per heavy atom. The summed E-state index contributed by atoms with van der Waals surface area (Å²) < 4.78 is 17.4. The summed E-state index contributed by atoms with van der Waals surface area (Å²) in [5, 5.41) is 0. The van der Waals surface area contributed by atoms with Crippen LogP contribution in [0.1, 0.15) is 65.7 Å². The molecule has 0 amide bonds. The second-order valence-corrected chi connectivity index (χ2v) is 7.32. The molecule has 2 aliphatic rings. The summed E-state index contributed by atoms with van der Waals surface area (Å²) in [6.07, 6.45) is 9.31. The second kappa shape index (κ2) is 8.93. The zero-order valence-electron chi connectivity index (χ0n) is 14.7. The summed E-state index contributed by atoms with van der Waals surface area (Å²) in [5.74, 6) is 2.19. The smallest absolute Gasteiger partial charge is 0.0954 e. The van der Waals surface area contributed by atoms with Gasteiger partial charge < -0.3 is 14.2 Å². The molecular formula is C19H34O3. The molecule has 2 fully saturated rings. The van der Waals surface area contributed by atoms with Gasteiger partial charge in [0, 0.05) is 19.1 Å². The minimum atomic E-state index is 0.272. The number of hydrogen-bond acceptors (Lipinski definition) is 3. The highest BCUT2D eigenvalue weighted by molar-refractivity contribution is 4.94. The molecule has 2 saturated heterocycles. The second-order valence-electron chi connectivity index (χ2n) is 7.32. The highest BCUT2D eigenvalue weighted by Crippen LogP contribution is 2.28. The van der Waals surface area contributed by atoms with E-state index in [-0.39, 0.29) is 6.10 Å². The lowest BCUT2D eigenvalue weighted by Crippen LogP contribution is -2.26. The first kappa shape index (κ1) is 17.8. The van der Waals surface area contributed by atoms with Gasteiger partial charge in [-0.1, -0.05) is 6.58 Å². The van der Waals surface area contributed by atoms with Gasteiger partial charge in [0.05, 0.1) is 24.1 Å². The maximum atomic E-state index is 6.06. The molecule has 0 aromatic rings. The molecule has 0 aromatic carbocycles. The van der Waals surface area contributed by atoms with Crippen LogP contribution < -0.4 is 0 Å². The Bertz CT molecular complexity index is 334. The van der Waals surface area contributed by atoms with Crippen LogP contribution in [0.25, 0.3) is 0 Å². The van der Waals surface area contributed by atoms with Crippen molar-refractivity contribution in [2.45, 2.75) is 84.0 Å².